The van der Waals surface area contributed by atoms with E-state index in [1.165, 1.54) is 127 Å². The topological polar surface area (TPSA) is 46.2 Å². The molecule has 572 valence electrons. The monoisotopic (exact) mass is 1590 g/mol. The van der Waals surface area contributed by atoms with Gasteiger partial charge in [0.25, 0.3) is 0 Å². The first-order valence-corrected chi connectivity index (χ1v) is 39.5. The molecule has 0 N–H and O–H groups in total. The van der Waals surface area contributed by atoms with Crippen molar-refractivity contribution in [3.05, 3.63) is 202 Å². The maximum Gasteiger partial charge on any atom is 1.00 e. The molecule has 1 aliphatic rings. The number of rotatable bonds is 19. The Bertz CT molecular complexity index is 3390. The zero-order valence-electron chi connectivity index (χ0n) is 71.8. The Hall–Kier alpha value is -3.30. The molecule has 0 bridgehead atoms. The third kappa shape index (κ3) is 34.1. The van der Waals surface area contributed by atoms with Crippen LogP contribution in [0.2, 0.25) is 0 Å². The molecule has 0 atom stereocenters. The van der Waals surface area contributed by atoms with E-state index >= 15 is 0 Å². The molecule has 0 saturated carbocycles. The summed E-state index contributed by atoms with van der Waals surface area (Å²) < 4.78 is 28.6. The van der Waals surface area contributed by atoms with Crippen molar-refractivity contribution in [1.82, 2.24) is 0 Å². The average Bonchev–Trinajstić information content (AvgIpc) is 0.916. The molecular formula is C95H145BrILi3O5. The maximum atomic E-state index is 5.62. The standard InChI is InChI=1S/C23H31IO.C23H31O.C15H23Br.C15H23.C9H12O2.C4H8O.C4H9.2CH4.3Li/c1-13(2)17-11-18(14(3)4)22(19(12-17)15(5)6)21-16(7)9-10-20(25-8)23(21)24;1-14(2)18-11-20(15(3)4)23(21(12-18)16(5)6)22-13-19(24-8)10-9-17(22)7;1-9(2)12-7-13(10(3)4)15(16)14(8-12)11(5)6;1-10(2)13-7-14(11(3)4)9-15(8-13)12(5)6;1-7-6-8(10-2)4-5-9(7)11-3;1-2-4-5-3-1;1-3-4-2;;;;;/h9-15H,1-8H3;9-12,14-16H,1-8H3;7-11H,1-6H3;7-8,10-12H,1-6H3;4-6H,1-3H3;1-4H2;1,3-4H2,2H3;2*1H4;;;/q;-1;;-1;;;-1;;;3*+1. The molecule has 1 saturated heterocycles. The summed E-state index contributed by atoms with van der Waals surface area (Å²) in [6, 6.07) is 40.1. The Balaban J connectivity index is -0.000000594. The van der Waals surface area contributed by atoms with E-state index in [0.29, 0.717) is 71.0 Å². The average molecular weight is 1590 g/mol. The number of halogens is 2. The molecule has 0 unspecified atom stereocenters. The molecule has 0 radical (unpaired) electrons. The first-order chi connectivity index (χ1) is 46.9. The van der Waals surface area contributed by atoms with Crippen LogP contribution in [0.3, 0.4) is 0 Å². The molecule has 0 aromatic heterocycles. The van der Waals surface area contributed by atoms with E-state index < -0.39 is 0 Å². The van der Waals surface area contributed by atoms with Crippen molar-refractivity contribution in [2.45, 2.75) is 305 Å². The van der Waals surface area contributed by atoms with Crippen LogP contribution in [0.5, 0.6) is 23.0 Å². The van der Waals surface area contributed by atoms with Gasteiger partial charge in [0.1, 0.15) is 17.2 Å². The minimum atomic E-state index is 0. The summed E-state index contributed by atoms with van der Waals surface area (Å²) in [7, 11) is 6.78. The van der Waals surface area contributed by atoms with Crippen molar-refractivity contribution in [2.75, 3.05) is 41.7 Å². The van der Waals surface area contributed by atoms with Crippen LogP contribution in [0.15, 0.2) is 95.5 Å². The summed E-state index contributed by atoms with van der Waals surface area (Å²) in [4.78, 5) is 0. The molecule has 7 aromatic rings. The first kappa shape index (κ1) is 108. The zero-order chi connectivity index (χ0) is 76.2. The van der Waals surface area contributed by atoms with Gasteiger partial charge in [0.2, 0.25) is 0 Å². The second kappa shape index (κ2) is 54.4. The summed E-state index contributed by atoms with van der Waals surface area (Å²) in [5, 5.41) is 0. The van der Waals surface area contributed by atoms with Gasteiger partial charge in [-0.05, 0) is 200 Å². The van der Waals surface area contributed by atoms with Gasteiger partial charge < -0.3 is 30.6 Å². The Kier molecular flexibility index (Phi) is 55.9. The van der Waals surface area contributed by atoms with E-state index in [0.717, 1.165) is 48.2 Å². The Morgan fingerprint density at radius 3 is 1.04 bits per heavy atom. The first-order valence-electron chi connectivity index (χ1n) is 37.6. The zero-order valence-corrected chi connectivity index (χ0v) is 75.6. The second-order valence-corrected chi connectivity index (χ2v) is 32.6. The van der Waals surface area contributed by atoms with Crippen molar-refractivity contribution < 1.29 is 80.3 Å². The fourth-order valence-corrected chi connectivity index (χ4v) is 13.7. The number of hydrogen-bond acceptors (Lipinski definition) is 5. The minimum absolute atomic E-state index is 0. The van der Waals surface area contributed by atoms with Crippen LogP contribution in [-0.4, -0.2) is 41.7 Å². The van der Waals surface area contributed by atoms with Crippen LogP contribution >= 0.6 is 38.5 Å². The van der Waals surface area contributed by atoms with Gasteiger partial charge in [-0.25, -0.2) is 0 Å². The third-order valence-electron chi connectivity index (χ3n) is 18.3. The number of unbranched alkanes of at least 4 members (excludes halogenated alkanes) is 1. The van der Waals surface area contributed by atoms with E-state index in [4.69, 9.17) is 23.7 Å². The van der Waals surface area contributed by atoms with Crippen LogP contribution in [0.25, 0.3) is 22.3 Å². The molecule has 1 aliphatic heterocycles. The van der Waals surface area contributed by atoms with Gasteiger partial charge in [0, 0.05) is 29.0 Å². The van der Waals surface area contributed by atoms with Gasteiger partial charge in [-0.1, -0.05) is 282 Å². The Labute approximate surface area is 706 Å². The second-order valence-electron chi connectivity index (χ2n) is 30.7. The van der Waals surface area contributed by atoms with E-state index in [2.05, 4.69) is 311 Å². The molecule has 7 aromatic carbocycles. The van der Waals surface area contributed by atoms with Crippen molar-refractivity contribution in [3.63, 3.8) is 0 Å². The fourth-order valence-electron chi connectivity index (χ4n) is 11.5. The molecule has 0 amide bonds. The number of aryl methyl sites for hydroxylation is 3. The molecule has 1 fully saturated rings. The summed E-state index contributed by atoms with van der Waals surface area (Å²) in [5.41, 5.74) is 26.0. The van der Waals surface area contributed by atoms with Crippen molar-refractivity contribution in [2.24, 2.45) is 0 Å². The molecule has 5 nitrogen and oxygen atoms in total. The molecule has 105 heavy (non-hydrogen) atoms. The number of benzene rings is 7. The fraction of sp³-hybridized carbons (Fsp3) is 0.547. The quantitative estimate of drug-likeness (QED) is 0.0459. The van der Waals surface area contributed by atoms with Crippen LogP contribution in [0.1, 0.15) is 368 Å². The molecular weight excluding hydrogens is 1450 g/mol. The largest absolute Gasteiger partial charge is 1.00 e. The van der Waals surface area contributed by atoms with Gasteiger partial charge in [-0.3, -0.25) is 0 Å². The van der Waals surface area contributed by atoms with Crippen LogP contribution in [0.4, 0.5) is 0 Å². The normalized spacial score (nSPS) is 11.3. The van der Waals surface area contributed by atoms with Crippen LogP contribution in [0, 0.1) is 43.4 Å². The van der Waals surface area contributed by atoms with Gasteiger partial charge in [-0.15, -0.1) is 23.3 Å². The molecule has 0 aliphatic carbocycles. The van der Waals surface area contributed by atoms with E-state index in [9.17, 15) is 0 Å². The van der Waals surface area contributed by atoms with Gasteiger partial charge in [0.05, 0.1) is 32.0 Å². The summed E-state index contributed by atoms with van der Waals surface area (Å²) >= 11 is 6.21. The third-order valence-corrected chi connectivity index (χ3v) is 20.3. The number of ether oxygens (including phenoxy) is 5. The molecule has 0 spiro atoms. The smallest absolute Gasteiger partial charge is 0.516 e. The molecule has 10 heteroatoms. The Morgan fingerprint density at radius 2 is 0.743 bits per heavy atom. The number of methoxy groups -OCH3 is 4. The maximum absolute atomic E-state index is 5.62. The predicted molar refractivity (Wildman–Crippen MR) is 464 cm³/mol. The summed E-state index contributed by atoms with van der Waals surface area (Å²) in [6.07, 6.45) is 4.83. The van der Waals surface area contributed by atoms with E-state index in [1.54, 1.807) is 28.4 Å². The van der Waals surface area contributed by atoms with Gasteiger partial charge in [0.15, 0.2) is 0 Å². The summed E-state index contributed by atoms with van der Waals surface area (Å²) in [5.74, 6) is 9.97. The van der Waals surface area contributed by atoms with Crippen molar-refractivity contribution in [1.29, 1.82) is 0 Å². The summed E-state index contributed by atoms with van der Waals surface area (Å²) in [6.45, 7) is 68.5. The Morgan fingerprint density at radius 1 is 0.400 bits per heavy atom. The molecule has 8 rings (SSSR count). The minimum Gasteiger partial charge on any atom is -0.516 e. The van der Waals surface area contributed by atoms with Gasteiger partial charge >= 0.3 is 56.6 Å². The SMILES string of the molecule is C.C.C1CCOC1.CC(C)c1[c-]c(C(C)C)cc(C(C)C)c1.CC(C)c1cc(C(C)C)c(Br)c(C(C)C)c1.COc1[c-]c(-c2c(C(C)C)cc(C(C)C)cc2C(C)C)c(C)cc1.COc1ccc(C)c(-c2c(C(C)C)cc(C(C)C)cc2C(C)C)c1I.COc1ccc(OC)c(C)c1.[CH2-]CCC.[Li+].[Li+].[Li+]. The number of hydrogen-bond donors (Lipinski definition) is 0. The predicted octanol–water partition coefficient (Wildman–Crippen LogP) is 21.9. The van der Waals surface area contributed by atoms with Gasteiger partial charge in [-0.2, -0.15) is 41.3 Å². The van der Waals surface area contributed by atoms with E-state index in [1.807, 2.05) is 31.2 Å². The van der Waals surface area contributed by atoms with Crippen LogP contribution < -0.4 is 75.5 Å². The van der Waals surface area contributed by atoms with Crippen LogP contribution in [-0.2, 0) is 4.74 Å². The van der Waals surface area contributed by atoms with Crippen molar-refractivity contribution in [3.8, 4) is 45.3 Å². The van der Waals surface area contributed by atoms with E-state index in [-0.39, 0.29) is 71.4 Å². The van der Waals surface area contributed by atoms with Crippen molar-refractivity contribution >= 4 is 38.5 Å². The molecule has 1 heterocycles.